The van der Waals surface area contributed by atoms with Gasteiger partial charge in [-0.3, -0.25) is 4.79 Å². The van der Waals surface area contributed by atoms with Crippen LogP contribution in [0.4, 0.5) is 0 Å². The molecule has 100 valence electrons. The number of hydrogen-bond acceptors (Lipinski definition) is 2. The van der Waals surface area contributed by atoms with Gasteiger partial charge in [0, 0.05) is 32.5 Å². The number of fused-ring (bicyclic) bond motifs is 1. The van der Waals surface area contributed by atoms with Crippen molar-refractivity contribution in [1.29, 1.82) is 0 Å². The third kappa shape index (κ3) is 2.75. The van der Waals surface area contributed by atoms with Crippen molar-refractivity contribution in [1.82, 2.24) is 14.8 Å². The van der Waals surface area contributed by atoms with E-state index in [0.29, 0.717) is 12.6 Å². The van der Waals surface area contributed by atoms with Gasteiger partial charge in [0.15, 0.2) is 0 Å². The molecule has 0 saturated carbocycles. The van der Waals surface area contributed by atoms with Gasteiger partial charge in [-0.15, -0.1) is 0 Å². The maximum atomic E-state index is 11.7. The maximum Gasteiger partial charge on any atom is 0.241 e. The normalized spacial score (nSPS) is 18.5. The molecule has 1 unspecified atom stereocenters. The summed E-state index contributed by atoms with van der Waals surface area (Å²) >= 11 is 0. The Hall–Kier alpha value is -1.29. The third-order valence-electron chi connectivity index (χ3n) is 3.58. The van der Waals surface area contributed by atoms with Crippen LogP contribution in [0.3, 0.4) is 0 Å². The highest BCUT2D eigenvalue weighted by Gasteiger charge is 2.21. The van der Waals surface area contributed by atoms with E-state index in [4.69, 9.17) is 0 Å². The van der Waals surface area contributed by atoms with Crippen LogP contribution in [0.5, 0.6) is 0 Å². The fourth-order valence-electron chi connectivity index (χ4n) is 2.60. The van der Waals surface area contributed by atoms with Crippen molar-refractivity contribution in [3.63, 3.8) is 0 Å². The van der Waals surface area contributed by atoms with Crippen LogP contribution in [0.1, 0.15) is 36.9 Å². The van der Waals surface area contributed by atoms with Crippen LogP contribution < -0.4 is 5.32 Å². The van der Waals surface area contributed by atoms with Gasteiger partial charge in [0.2, 0.25) is 5.91 Å². The van der Waals surface area contributed by atoms with Gasteiger partial charge in [-0.05, 0) is 36.9 Å². The Balaban J connectivity index is 2.14. The zero-order chi connectivity index (χ0) is 13.1. The van der Waals surface area contributed by atoms with Gasteiger partial charge >= 0.3 is 0 Å². The van der Waals surface area contributed by atoms with Gasteiger partial charge in [0.05, 0.1) is 0 Å². The predicted molar refractivity (Wildman–Crippen MR) is 72.5 cm³/mol. The van der Waals surface area contributed by atoms with E-state index in [1.54, 1.807) is 19.0 Å². The number of carbonyl (C=O) groups excluding carboxylic acids is 1. The first-order valence-corrected chi connectivity index (χ1v) is 6.74. The Bertz CT molecular complexity index is 423. The lowest BCUT2D eigenvalue weighted by Gasteiger charge is -2.22. The first-order valence-electron chi connectivity index (χ1n) is 6.74. The summed E-state index contributed by atoms with van der Waals surface area (Å²) in [7, 11) is 3.60. The molecule has 4 nitrogen and oxygen atoms in total. The fourth-order valence-corrected chi connectivity index (χ4v) is 2.60. The van der Waals surface area contributed by atoms with Crippen molar-refractivity contribution < 1.29 is 4.79 Å². The van der Waals surface area contributed by atoms with E-state index < -0.39 is 0 Å². The molecular formula is C14H23N3O. The number of likely N-dealkylation sites (N-methyl/N-ethyl adjacent to an activating group) is 1. The number of aromatic nitrogens is 1. The van der Waals surface area contributed by atoms with Crippen LogP contribution in [0.25, 0.3) is 0 Å². The van der Waals surface area contributed by atoms with Crippen molar-refractivity contribution in [2.24, 2.45) is 0 Å². The SMILES string of the molecule is CCNC1CCCc2cn(CC(=O)N(C)C)cc21. The van der Waals surface area contributed by atoms with Crippen LogP contribution in [0, 0.1) is 0 Å². The Morgan fingerprint density at radius 3 is 2.94 bits per heavy atom. The molecular weight excluding hydrogens is 226 g/mol. The highest BCUT2D eigenvalue weighted by Crippen LogP contribution is 2.30. The average molecular weight is 249 g/mol. The molecule has 1 heterocycles. The van der Waals surface area contributed by atoms with Crippen molar-refractivity contribution in [2.45, 2.75) is 38.8 Å². The Morgan fingerprint density at radius 2 is 2.28 bits per heavy atom. The topological polar surface area (TPSA) is 37.3 Å². The van der Waals surface area contributed by atoms with E-state index in [-0.39, 0.29) is 5.91 Å². The van der Waals surface area contributed by atoms with E-state index in [1.165, 1.54) is 24.0 Å². The number of nitrogens with zero attached hydrogens (tertiary/aromatic N) is 2. The monoisotopic (exact) mass is 249 g/mol. The van der Waals surface area contributed by atoms with Gasteiger partial charge in [-0.2, -0.15) is 0 Å². The van der Waals surface area contributed by atoms with Gasteiger partial charge < -0.3 is 14.8 Å². The molecule has 1 atom stereocenters. The number of nitrogens with one attached hydrogen (secondary N) is 1. The quantitative estimate of drug-likeness (QED) is 0.879. The van der Waals surface area contributed by atoms with E-state index >= 15 is 0 Å². The molecule has 2 rings (SSSR count). The van der Waals surface area contributed by atoms with Crippen LogP contribution >= 0.6 is 0 Å². The molecule has 1 aliphatic rings. The highest BCUT2D eigenvalue weighted by atomic mass is 16.2. The lowest BCUT2D eigenvalue weighted by atomic mass is 9.91. The number of amides is 1. The average Bonchev–Trinajstić information content (AvgIpc) is 2.72. The zero-order valence-electron chi connectivity index (χ0n) is 11.6. The molecule has 4 heteroatoms. The molecule has 0 bridgehead atoms. The molecule has 0 radical (unpaired) electrons. The number of aryl methyl sites for hydroxylation is 1. The zero-order valence-corrected chi connectivity index (χ0v) is 11.6. The molecule has 0 aromatic carbocycles. The summed E-state index contributed by atoms with van der Waals surface area (Å²) in [6, 6.07) is 0.467. The Morgan fingerprint density at radius 1 is 1.50 bits per heavy atom. The molecule has 1 aromatic rings. The third-order valence-corrected chi connectivity index (χ3v) is 3.58. The summed E-state index contributed by atoms with van der Waals surface area (Å²) in [6.07, 6.45) is 7.85. The summed E-state index contributed by atoms with van der Waals surface area (Å²) in [5.41, 5.74) is 2.79. The van der Waals surface area contributed by atoms with Gasteiger partial charge in [-0.25, -0.2) is 0 Å². The van der Waals surface area contributed by atoms with E-state index in [1.807, 2.05) is 4.57 Å². The predicted octanol–water partition coefficient (Wildman–Crippen LogP) is 1.56. The fraction of sp³-hybridized carbons (Fsp3) is 0.643. The van der Waals surface area contributed by atoms with Gasteiger partial charge in [0.25, 0.3) is 0 Å². The smallest absolute Gasteiger partial charge is 0.241 e. The van der Waals surface area contributed by atoms with E-state index in [0.717, 1.165) is 13.0 Å². The molecule has 1 amide bonds. The van der Waals surface area contributed by atoms with Crippen molar-refractivity contribution >= 4 is 5.91 Å². The van der Waals surface area contributed by atoms with Crippen LogP contribution in [0.15, 0.2) is 12.4 Å². The summed E-state index contributed by atoms with van der Waals surface area (Å²) in [5.74, 6) is 0.141. The summed E-state index contributed by atoms with van der Waals surface area (Å²) in [5, 5.41) is 3.52. The number of rotatable bonds is 4. The summed E-state index contributed by atoms with van der Waals surface area (Å²) < 4.78 is 2.03. The molecule has 0 spiro atoms. The standard InChI is InChI=1S/C14H23N3O/c1-4-15-13-7-5-6-11-8-17(9-12(11)13)10-14(18)16(2)3/h8-9,13,15H,4-7,10H2,1-3H3. The largest absolute Gasteiger partial charge is 0.347 e. The van der Waals surface area contributed by atoms with E-state index in [2.05, 4.69) is 24.6 Å². The van der Waals surface area contributed by atoms with E-state index in [9.17, 15) is 4.79 Å². The first-order chi connectivity index (χ1) is 8.61. The Labute approximate surface area is 109 Å². The Kier molecular flexibility index (Phi) is 4.07. The van der Waals surface area contributed by atoms with Gasteiger partial charge in [0.1, 0.15) is 6.54 Å². The maximum absolute atomic E-state index is 11.7. The van der Waals surface area contributed by atoms with Crippen molar-refractivity contribution in [3.05, 3.63) is 23.5 Å². The minimum Gasteiger partial charge on any atom is -0.347 e. The van der Waals surface area contributed by atoms with Crippen LogP contribution in [-0.4, -0.2) is 36.0 Å². The molecule has 0 fully saturated rings. The molecule has 0 saturated heterocycles. The molecule has 1 aromatic heterocycles. The van der Waals surface area contributed by atoms with Crippen LogP contribution in [0.2, 0.25) is 0 Å². The van der Waals surface area contributed by atoms with Gasteiger partial charge in [-0.1, -0.05) is 6.92 Å². The first kappa shape index (κ1) is 13.1. The minimum atomic E-state index is 0.141. The highest BCUT2D eigenvalue weighted by molar-refractivity contribution is 5.75. The molecule has 18 heavy (non-hydrogen) atoms. The molecule has 1 aliphatic carbocycles. The lowest BCUT2D eigenvalue weighted by molar-refractivity contribution is -0.129. The van der Waals surface area contributed by atoms with Crippen molar-refractivity contribution in [3.8, 4) is 0 Å². The molecule has 0 aliphatic heterocycles. The number of hydrogen-bond donors (Lipinski definition) is 1. The molecule has 1 N–H and O–H groups in total. The second-order valence-electron chi connectivity index (χ2n) is 5.20. The minimum absolute atomic E-state index is 0.141. The number of carbonyl (C=O) groups is 1. The second-order valence-corrected chi connectivity index (χ2v) is 5.20. The summed E-state index contributed by atoms with van der Waals surface area (Å²) in [4.78, 5) is 13.4. The summed E-state index contributed by atoms with van der Waals surface area (Å²) in [6.45, 7) is 3.58. The lowest BCUT2D eigenvalue weighted by Crippen LogP contribution is -2.26. The second kappa shape index (κ2) is 5.57. The van der Waals surface area contributed by atoms with Crippen molar-refractivity contribution in [2.75, 3.05) is 20.6 Å². The van der Waals surface area contributed by atoms with Crippen LogP contribution in [-0.2, 0) is 17.8 Å².